The van der Waals surface area contributed by atoms with E-state index in [4.69, 9.17) is 4.42 Å². The summed E-state index contributed by atoms with van der Waals surface area (Å²) in [6.45, 7) is 14.8. The van der Waals surface area contributed by atoms with Crippen LogP contribution in [0, 0.1) is 17.9 Å². The molecule has 0 fully saturated rings. The van der Waals surface area contributed by atoms with Crippen molar-refractivity contribution in [2.75, 3.05) is 0 Å². The van der Waals surface area contributed by atoms with Crippen LogP contribution in [0.2, 0.25) is 0 Å². The first kappa shape index (κ1) is 35.9. The number of hydrogen-bond donors (Lipinski definition) is 1. The molecule has 0 aliphatic carbocycles. The second-order valence-corrected chi connectivity index (χ2v) is 12.4. The van der Waals surface area contributed by atoms with E-state index in [9.17, 15) is 9.90 Å². The summed E-state index contributed by atoms with van der Waals surface area (Å²) in [5.74, 6) is 0.547. The Morgan fingerprint density at radius 2 is 1.56 bits per heavy atom. The molecule has 45 heavy (non-hydrogen) atoms. The molecule has 6 heteroatoms. The van der Waals surface area contributed by atoms with Gasteiger partial charge in [0.05, 0.1) is 17.7 Å². The number of allylic oxidation sites excluding steroid dienone is 2. The minimum absolute atomic E-state index is 0. The Morgan fingerprint density at radius 3 is 2.22 bits per heavy atom. The number of benzene rings is 3. The van der Waals surface area contributed by atoms with Gasteiger partial charge in [-0.1, -0.05) is 89.7 Å². The van der Waals surface area contributed by atoms with Crippen LogP contribution in [-0.4, -0.2) is 20.9 Å². The normalized spacial score (nSPS) is 11.9. The number of carbonyl (C=O) groups excluding carboxylic acids is 1. The molecule has 1 N–H and O–H groups in total. The average Bonchev–Trinajstić information content (AvgIpc) is 3.50. The van der Waals surface area contributed by atoms with E-state index < -0.39 is 0 Å². The standard InChI is InChI=1S/C26H21N2O.C13H24O2.Ir/c1-26(2,3)22-13-20(12-18-6-4-5-7-21(18)22)24-15-23(27-16-28-24)19-9-8-17-10-11-29-25(17)14-19;1-5-10(6-2)12(14)9-13(15)11(7-3)8-4;/h4-11,13-16H,1-3H3;9-11,14H,5-8H2,1-4H3;/q-1;;/b;12-9-;. The second kappa shape index (κ2) is 16.1. The molecule has 5 aromatic rings. The van der Waals surface area contributed by atoms with E-state index >= 15 is 0 Å². The van der Waals surface area contributed by atoms with Crippen LogP contribution in [0.5, 0.6) is 0 Å². The predicted octanol–water partition coefficient (Wildman–Crippen LogP) is 10.7. The van der Waals surface area contributed by atoms with Gasteiger partial charge in [-0.05, 0) is 49.3 Å². The Morgan fingerprint density at radius 1 is 0.889 bits per heavy atom. The third-order valence-corrected chi connectivity index (χ3v) is 8.36. The van der Waals surface area contributed by atoms with Crippen LogP contribution in [0.25, 0.3) is 44.3 Å². The fourth-order valence-electron chi connectivity index (χ4n) is 5.54. The number of carbonyl (C=O) groups is 1. The summed E-state index contributed by atoms with van der Waals surface area (Å²) in [6.07, 6.45) is 8.23. The van der Waals surface area contributed by atoms with Crippen LogP contribution in [-0.2, 0) is 30.3 Å². The van der Waals surface area contributed by atoms with Crippen LogP contribution in [0.4, 0.5) is 0 Å². The van der Waals surface area contributed by atoms with Crippen molar-refractivity contribution < 1.29 is 34.4 Å². The topological polar surface area (TPSA) is 76.2 Å². The molecular formula is C39H45IrN2O3-. The maximum Gasteiger partial charge on any atom is 0.162 e. The molecule has 5 nitrogen and oxygen atoms in total. The molecule has 0 aliphatic heterocycles. The Bertz CT molecular complexity index is 1740. The van der Waals surface area contributed by atoms with E-state index in [0.29, 0.717) is 0 Å². The van der Waals surface area contributed by atoms with Crippen molar-refractivity contribution in [1.29, 1.82) is 0 Å². The largest absolute Gasteiger partial charge is 0.512 e. The van der Waals surface area contributed by atoms with Crippen molar-refractivity contribution in [3.05, 3.63) is 96.7 Å². The average molecular weight is 782 g/mol. The third-order valence-electron chi connectivity index (χ3n) is 8.36. The summed E-state index contributed by atoms with van der Waals surface area (Å²) >= 11 is 0. The quantitative estimate of drug-likeness (QED) is 0.0916. The molecule has 2 heterocycles. The van der Waals surface area contributed by atoms with Gasteiger partial charge in [0, 0.05) is 54.7 Å². The van der Waals surface area contributed by atoms with Gasteiger partial charge in [0.15, 0.2) is 5.78 Å². The van der Waals surface area contributed by atoms with Crippen molar-refractivity contribution in [3.8, 4) is 22.5 Å². The SMILES string of the molecule is CC(C)(C)c1cc(-c2cc(-c3ccc4ccoc4c3)ncn2)[c-]c2ccccc12.CCC(CC)C(=O)/C=C(\O)C(CC)CC.[Ir]. The van der Waals surface area contributed by atoms with Crippen LogP contribution in [0.15, 0.2) is 89.5 Å². The molecule has 0 unspecified atom stereocenters. The molecule has 0 atom stereocenters. The monoisotopic (exact) mass is 782 g/mol. The van der Waals surface area contributed by atoms with Gasteiger partial charge in [-0.25, -0.2) is 4.98 Å². The molecule has 0 spiro atoms. The third kappa shape index (κ3) is 8.77. The smallest absolute Gasteiger partial charge is 0.162 e. The maximum absolute atomic E-state index is 11.7. The molecule has 0 saturated carbocycles. The van der Waals surface area contributed by atoms with Gasteiger partial charge < -0.3 is 9.52 Å². The van der Waals surface area contributed by atoms with Crippen LogP contribution in [0.1, 0.15) is 79.7 Å². The summed E-state index contributed by atoms with van der Waals surface area (Å²) in [6, 6.07) is 24.3. The maximum atomic E-state index is 11.7. The Balaban J connectivity index is 0.000000297. The van der Waals surface area contributed by atoms with Crippen molar-refractivity contribution in [1.82, 2.24) is 9.97 Å². The van der Waals surface area contributed by atoms with Crippen LogP contribution in [0.3, 0.4) is 0 Å². The molecule has 0 amide bonds. The Hall–Kier alpha value is -3.60. The molecule has 0 bridgehead atoms. The van der Waals surface area contributed by atoms with E-state index in [1.54, 1.807) is 12.6 Å². The Kier molecular flexibility index (Phi) is 12.8. The van der Waals surface area contributed by atoms with Crippen molar-refractivity contribution in [2.24, 2.45) is 11.8 Å². The Labute approximate surface area is 281 Å². The van der Waals surface area contributed by atoms with Gasteiger partial charge in [0.2, 0.25) is 0 Å². The van der Waals surface area contributed by atoms with Gasteiger partial charge in [-0.3, -0.25) is 9.78 Å². The molecule has 2 aromatic heterocycles. The van der Waals surface area contributed by atoms with Gasteiger partial charge in [-0.15, -0.1) is 29.1 Å². The molecule has 5 rings (SSSR count). The van der Waals surface area contributed by atoms with E-state index in [0.717, 1.165) is 64.6 Å². The zero-order chi connectivity index (χ0) is 31.9. The van der Waals surface area contributed by atoms with Crippen LogP contribution < -0.4 is 0 Å². The fourth-order valence-corrected chi connectivity index (χ4v) is 5.54. The second-order valence-electron chi connectivity index (χ2n) is 12.4. The summed E-state index contributed by atoms with van der Waals surface area (Å²) in [5.41, 5.74) is 5.89. The molecule has 1 radical (unpaired) electrons. The van der Waals surface area contributed by atoms with Gasteiger partial charge in [0.25, 0.3) is 0 Å². The van der Waals surface area contributed by atoms with Crippen LogP contribution >= 0.6 is 0 Å². The number of aromatic nitrogens is 2. The van der Waals surface area contributed by atoms with Crippen molar-refractivity contribution >= 4 is 27.5 Å². The zero-order valence-corrected chi connectivity index (χ0v) is 29.9. The van der Waals surface area contributed by atoms with E-state index in [1.807, 2.05) is 45.9 Å². The molecule has 0 saturated heterocycles. The van der Waals surface area contributed by atoms with E-state index in [2.05, 4.69) is 79.3 Å². The summed E-state index contributed by atoms with van der Waals surface area (Å²) in [4.78, 5) is 20.8. The van der Waals surface area contributed by atoms with Gasteiger partial charge >= 0.3 is 0 Å². The molecule has 0 aliphatic rings. The molecule has 3 aromatic carbocycles. The number of furan rings is 1. The predicted molar refractivity (Wildman–Crippen MR) is 182 cm³/mol. The molecule has 239 valence electrons. The number of fused-ring (bicyclic) bond motifs is 2. The first-order valence-corrected chi connectivity index (χ1v) is 15.8. The number of aliphatic hydroxyl groups excluding tert-OH is 1. The van der Waals surface area contributed by atoms with Gasteiger partial charge in [-0.2, -0.15) is 0 Å². The van der Waals surface area contributed by atoms with Crippen molar-refractivity contribution in [2.45, 2.75) is 79.6 Å². The number of rotatable bonds is 9. The van der Waals surface area contributed by atoms with Crippen molar-refractivity contribution in [3.63, 3.8) is 0 Å². The number of ketones is 1. The van der Waals surface area contributed by atoms with Gasteiger partial charge in [0.1, 0.15) is 11.9 Å². The number of aliphatic hydroxyl groups is 1. The summed E-state index contributed by atoms with van der Waals surface area (Å²) < 4.78 is 5.55. The number of nitrogens with zero attached hydrogens (tertiary/aromatic N) is 2. The summed E-state index contributed by atoms with van der Waals surface area (Å²) in [7, 11) is 0. The first-order valence-electron chi connectivity index (χ1n) is 15.8. The first-order chi connectivity index (χ1) is 21.1. The fraction of sp³-hybridized carbons (Fsp3) is 0.359. The zero-order valence-electron chi connectivity index (χ0n) is 27.5. The number of hydrogen-bond acceptors (Lipinski definition) is 5. The minimum Gasteiger partial charge on any atom is -0.512 e. The van der Waals surface area contributed by atoms with E-state index in [1.165, 1.54) is 17.0 Å². The molecular weight excluding hydrogens is 737 g/mol. The summed E-state index contributed by atoms with van der Waals surface area (Å²) in [5, 5.41) is 13.2. The van der Waals surface area contributed by atoms with E-state index in [-0.39, 0.29) is 48.9 Å². The minimum atomic E-state index is 0.